The topological polar surface area (TPSA) is 40.6 Å². The molecule has 0 aromatic carbocycles. The summed E-state index contributed by atoms with van der Waals surface area (Å²) < 4.78 is 0. The molecule has 2 amide bonds. The Balaban J connectivity index is 1.70. The fraction of sp³-hybridized carbons (Fsp3) is 0.714. The van der Waals surface area contributed by atoms with Crippen molar-refractivity contribution in [3.05, 3.63) is 11.1 Å². The Hall–Kier alpha value is -0.870. The number of hydrogen-bond acceptors (Lipinski definition) is 3. The summed E-state index contributed by atoms with van der Waals surface area (Å²) in [4.78, 5) is 28.4. The molecule has 104 valence electrons. The summed E-state index contributed by atoms with van der Waals surface area (Å²) in [7, 11) is 0. The first-order valence-corrected chi connectivity index (χ1v) is 7.46. The standard InChI is InChI=1S/C14H19ClN2O2/c15-10-4-5-11-12(8-10)14(19)17(13(11)18)9-16-6-2-1-3-7-16/h4,11-12H,1-3,5-9H2/t11-,12-/m0/s1. The smallest absolute Gasteiger partial charge is 0.234 e. The Morgan fingerprint density at radius 1 is 1.11 bits per heavy atom. The average Bonchev–Trinajstić information content (AvgIpc) is 2.65. The molecule has 0 aromatic heterocycles. The van der Waals surface area contributed by atoms with Gasteiger partial charge in [-0.3, -0.25) is 19.4 Å². The molecule has 0 aromatic rings. The summed E-state index contributed by atoms with van der Waals surface area (Å²) >= 11 is 6.00. The quantitative estimate of drug-likeness (QED) is 0.727. The predicted molar refractivity (Wildman–Crippen MR) is 72.3 cm³/mol. The van der Waals surface area contributed by atoms with Crippen molar-refractivity contribution in [2.75, 3.05) is 19.8 Å². The van der Waals surface area contributed by atoms with Crippen molar-refractivity contribution < 1.29 is 9.59 Å². The van der Waals surface area contributed by atoms with E-state index in [1.54, 1.807) is 0 Å². The fourth-order valence-corrected chi connectivity index (χ4v) is 3.59. The Morgan fingerprint density at radius 2 is 1.79 bits per heavy atom. The van der Waals surface area contributed by atoms with Crippen molar-refractivity contribution in [2.45, 2.75) is 32.1 Å². The van der Waals surface area contributed by atoms with Gasteiger partial charge in [0, 0.05) is 5.03 Å². The SMILES string of the molecule is O=C1[C@H]2CC=C(Cl)C[C@@H]2C(=O)N1CN1CCCCC1. The predicted octanol–water partition coefficient (Wildman–Crippen LogP) is 1.95. The van der Waals surface area contributed by atoms with Gasteiger partial charge < -0.3 is 0 Å². The zero-order valence-corrected chi connectivity index (χ0v) is 11.7. The second-order valence-corrected chi connectivity index (χ2v) is 6.21. The molecule has 3 rings (SSSR count). The molecule has 2 fully saturated rings. The minimum absolute atomic E-state index is 0.000917. The summed E-state index contributed by atoms with van der Waals surface area (Å²) in [6.07, 6.45) is 6.62. The highest BCUT2D eigenvalue weighted by Crippen LogP contribution is 2.38. The van der Waals surface area contributed by atoms with Gasteiger partial charge in [0.2, 0.25) is 11.8 Å². The molecule has 2 atom stereocenters. The first-order valence-electron chi connectivity index (χ1n) is 7.09. The van der Waals surface area contributed by atoms with Crippen LogP contribution >= 0.6 is 11.6 Å². The maximum Gasteiger partial charge on any atom is 0.234 e. The van der Waals surface area contributed by atoms with E-state index < -0.39 is 0 Å². The summed E-state index contributed by atoms with van der Waals surface area (Å²) in [6, 6.07) is 0. The number of hydrogen-bond donors (Lipinski definition) is 0. The molecule has 2 aliphatic heterocycles. The molecule has 4 nitrogen and oxygen atoms in total. The zero-order valence-electron chi connectivity index (χ0n) is 11.0. The molecule has 0 saturated carbocycles. The number of nitrogens with zero attached hydrogens (tertiary/aromatic N) is 2. The van der Waals surface area contributed by atoms with Gasteiger partial charge in [0.1, 0.15) is 0 Å². The molecular weight excluding hydrogens is 264 g/mol. The van der Waals surface area contributed by atoms with E-state index in [4.69, 9.17) is 11.6 Å². The van der Waals surface area contributed by atoms with Gasteiger partial charge in [0.05, 0.1) is 18.5 Å². The zero-order chi connectivity index (χ0) is 13.4. The van der Waals surface area contributed by atoms with Gasteiger partial charge in [-0.15, -0.1) is 0 Å². The highest BCUT2D eigenvalue weighted by Gasteiger charge is 2.48. The largest absolute Gasteiger partial charge is 0.286 e. The second-order valence-electron chi connectivity index (χ2n) is 5.73. The fourth-order valence-electron chi connectivity index (χ4n) is 3.34. The maximum absolute atomic E-state index is 12.4. The lowest BCUT2D eigenvalue weighted by Gasteiger charge is -2.29. The normalized spacial score (nSPS) is 32.5. The molecule has 0 bridgehead atoms. The monoisotopic (exact) mass is 282 g/mol. The van der Waals surface area contributed by atoms with E-state index in [1.807, 2.05) is 6.08 Å². The number of allylic oxidation sites excluding steroid dienone is 2. The Morgan fingerprint density at radius 3 is 2.53 bits per heavy atom. The highest BCUT2D eigenvalue weighted by atomic mass is 35.5. The first-order chi connectivity index (χ1) is 9.16. The van der Waals surface area contributed by atoms with Crippen LogP contribution in [0.25, 0.3) is 0 Å². The third-order valence-electron chi connectivity index (χ3n) is 4.45. The van der Waals surface area contributed by atoms with Crippen LogP contribution in [-0.2, 0) is 9.59 Å². The van der Waals surface area contributed by atoms with Crippen LogP contribution in [0.1, 0.15) is 32.1 Å². The second kappa shape index (κ2) is 5.25. The maximum atomic E-state index is 12.4. The van der Waals surface area contributed by atoms with Gasteiger partial charge in [0.15, 0.2) is 0 Å². The number of piperidine rings is 1. The van der Waals surface area contributed by atoms with Crippen LogP contribution in [0.5, 0.6) is 0 Å². The molecule has 0 spiro atoms. The average molecular weight is 283 g/mol. The summed E-state index contributed by atoms with van der Waals surface area (Å²) in [5, 5.41) is 0.724. The van der Waals surface area contributed by atoms with Crippen LogP contribution in [0.15, 0.2) is 11.1 Å². The minimum atomic E-state index is -0.213. The van der Waals surface area contributed by atoms with Crippen molar-refractivity contribution in [3.63, 3.8) is 0 Å². The minimum Gasteiger partial charge on any atom is -0.286 e. The lowest BCUT2D eigenvalue weighted by atomic mass is 9.85. The van der Waals surface area contributed by atoms with E-state index in [0.29, 0.717) is 19.5 Å². The van der Waals surface area contributed by atoms with Crippen molar-refractivity contribution >= 4 is 23.4 Å². The van der Waals surface area contributed by atoms with E-state index in [1.165, 1.54) is 11.3 Å². The molecule has 3 aliphatic rings. The van der Waals surface area contributed by atoms with Crippen LogP contribution in [0, 0.1) is 11.8 Å². The van der Waals surface area contributed by atoms with Gasteiger partial charge in [-0.2, -0.15) is 0 Å². The molecular formula is C14H19ClN2O2. The van der Waals surface area contributed by atoms with Gasteiger partial charge >= 0.3 is 0 Å². The molecule has 19 heavy (non-hydrogen) atoms. The van der Waals surface area contributed by atoms with Crippen LogP contribution in [0.2, 0.25) is 0 Å². The van der Waals surface area contributed by atoms with E-state index in [2.05, 4.69) is 4.90 Å². The van der Waals surface area contributed by atoms with Crippen molar-refractivity contribution in [1.82, 2.24) is 9.80 Å². The van der Waals surface area contributed by atoms with Gasteiger partial charge in [-0.25, -0.2) is 0 Å². The summed E-state index contributed by atoms with van der Waals surface area (Å²) in [5.41, 5.74) is 0. The Bertz CT molecular complexity index is 429. The van der Waals surface area contributed by atoms with E-state index >= 15 is 0 Å². The molecule has 0 unspecified atom stereocenters. The lowest BCUT2D eigenvalue weighted by Crippen LogP contribution is -2.43. The van der Waals surface area contributed by atoms with Crippen molar-refractivity contribution in [3.8, 4) is 0 Å². The number of carbonyl (C=O) groups is 2. The van der Waals surface area contributed by atoms with Crippen LogP contribution in [0.4, 0.5) is 0 Å². The number of imide groups is 1. The highest BCUT2D eigenvalue weighted by molar-refractivity contribution is 6.30. The van der Waals surface area contributed by atoms with Crippen molar-refractivity contribution in [1.29, 1.82) is 0 Å². The van der Waals surface area contributed by atoms with Crippen LogP contribution in [-0.4, -0.2) is 41.4 Å². The van der Waals surface area contributed by atoms with E-state index in [-0.39, 0.29) is 23.7 Å². The number of carbonyl (C=O) groups excluding carboxylic acids is 2. The number of likely N-dealkylation sites (tertiary alicyclic amines) is 2. The molecule has 0 N–H and O–H groups in total. The molecule has 2 saturated heterocycles. The molecule has 2 heterocycles. The molecule has 0 radical (unpaired) electrons. The number of amides is 2. The van der Waals surface area contributed by atoms with Gasteiger partial charge in [-0.1, -0.05) is 24.1 Å². The first kappa shape index (κ1) is 13.1. The molecule has 5 heteroatoms. The summed E-state index contributed by atoms with van der Waals surface area (Å²) in [6.45, 7) is 2.46. The Kier molecular flexibility index (Phi) is 3.63. The van der Waals surface area contributed by atoms with Gasteiger partial charge in [0.25, 0.3) is 0 Å². The third-order valence-corrected chi connectivity index (χ3v) is 4.76. The number of fused-ring (bicyclic) bond motifs is 1. The summed E-state index contributed by atoms with van der Waals surface area (Å²) in [5.74, 6) is -0.401. The van der Waals surface area contributed by atoms with Crippen molar-refractivity contribution in [2.24, 2.45) is 11.8 Å². The number of rotatable bonds is 2. The van der Waals surface area contributed by atoms with Crippen LogP contribution in [0.3, 0.4) is 0 Å². The van der Waals surface area contributed by atoms with Crippen LogP contribution < -0.4 is 0 Å². The Labute approximate surface area is 118 Å². The molecule has 1 aliphatic carbocycles. The van der Waals surface area contributed by atoms with E-state index in [9.17, 15) is 9.59 Å². The van der Waals surface area contributed by atoms with Gasteiger partial charge in [-0.05, 0) is 38.8 Å². The third kappa shape index (κ3) is 2.43. The number of halogens is 1. The lowest BCUT2D eigenvalue weighted by molar-refractivity contribution is -0.142. The van der Waals surface area contributed by atoms with E-state index in [0.717, 1.165) is 31.0 Å².